The number of rotatable bonds is 0. The monoisotopic (exact) mass is 252 g/mol. The van der Waals surface area contributed by atoms with E-state index in [1.165, 1.54) is 36.2 Å². The highest BCUT2D eigenvalue weighted by molar-refractivity contribution is 5.85. The standard InChI is InChI=1S/C14H20N2.ClH/c1-9-11-6-14(2,3)5-4-10(11)12-7-15-8-13(12)16-9;/h15H,4-8H2,1-3H3;1H. The lowest BCUT2D eigenvalue weighted by molar-refractivity contribution is 0.313. The largest absolute Gasteiger partial charge is 0.307 e. The number of halogens is 1. The predicted octanol–water partition coefficient (Wildman–Crippen LogP) is 2.93. The summed E-state index contributed by atoms with van der Waals surface area (Å²) in [6.07, 6.45) is 3.76. The van der Waals surface area contributed by atoms with Gasteiger partial charge in [-0.1, -0.05) is 13.8 Å². The summed E-state index contributed by atoms with van der Waals surface area (Å²) >= 11 is 0. The van der Waals surface area contributed by atoms with Crippen LogP contribution in [0.3, 0.4) is 0 Å². The number of fused-ring (bicyclic) bond motifs is 3. The molecule has 0 radical (unpaired) electrons. The molecule has 0 amide bonds. The van der Waals surface area contributed by atoms with Crippen LogP contribution in [-0.2, 0) is 25.9 Å². The first-order chi connectivity index (χ1) is 7.57. The van der Waals surface area contributed by atoms with Crippen LogP contribution >= 0.6 is 12.4 Å². The van der Waals surface area contributed by atoms with Crippen molar-refractivity contribution in [2.45, 2.75) is 53.1 Å². The molecule has 94 valence electrons. The van der Waals surface area contributed by atoms with E-state index in [-0.39, 0.29) is 12.4 Å². The third-order valence-corrected chi connectivity index (χ3v) is 4.12. The number of pyridine rings is 1. The maximum atomic E-state index is 4.77. The zero-order valence-corrected chi connectivity index (χ0v) is 11.7. The quantitative estimate of drug-likeness (QED) is 0.768. The van der Waals surface area contributed by atoms with Crippen molar-refractivity contribution in [3.63, 3.8) is 0 Å². The summed E-state index contributed by atoms with van der Waals surface area (Å²) in [6, 6.07) is 0. The molecule has 0 atom stereocenters. The Bertz CT molecular complexity index is 452. The summed E-state index contributed by atoms with van der Waals surface area (Å²) in [4.78, 5) is 4.77. The molecule has 1 aliphatic carbocycles. The molecule has 1 aromatic rings. The van der Waals surface area contributed by atoms with Crippen LogP contribution in [0.15, 0.2) is 0 Å². The predicted molar refractivity (Wildman–Crippen MR) is 72.6 cm³/mol. The lowest BCUT2D eigenvalue weighted by Gasteiger charge is -2.33. The van der Waals surface area contributed by atoms with Crippen LogP contribution in [-0.4, -0.2) is 4.98 Å². The molecule has 0 bridgehead atoms. The molecule has 1 N–H and O–H groups in total. The van der Waals surface area contributed by atoms with Crippen molar-refractivity contribution in [2.75, 3.05) is 0 Å². The van der Waals surface area contributed by atoms with Crippen LogP contribution in [0.2, 0.25) is 0 Å². The fraction of sp³-hybridized carbons (Fsp3) is 0.643. The zero-order valence-electron chi connectivity index (χ0n) is 10.9. The van der Waals surface area contributed by atoms with Crippen molar-refractivity contribution < 1.29 is 0 Å². The van der Waals surface area contributed by atoms with Crippen LogP contribution in [0.5, 0.6) is 0 Å². The molecule has 0 saturated heterocycles. The molecule has 0 aromatic carbocycles. The Labute approximate surface area is 110 Å². The van der Waals surface area contributed by atoms with Gasteiger partial charge in [0.05, 0.1) is 5.69 Å². The lowest BCUT2D eigenvalue weighted by Crippen LogP contribution is -2.24. The summed E-state index contributed by atoms with van der Waals surface area (Å²) in [5.74, 6) is 0. The van der Waals surface area contributed by atoms with Gasteiger partial charge in [0.15, 0.2) is 0 Å². The van der Waals surface area contributed by atoms with Crippen molar-refractivity contribution in [3.8, 4) is 0 Å². The van der Waals surface area contributed by atoms with Crippen LogP contribution < -0.4 is 5.32 Å². The van der Waals surface area contributed by atoms with E-state index in [0.29, 0.717) is 5.41 Å². The van der Waals surface area contributed by atoms with Crippen molar-refractivity contribution in [2.24, 2.45) is 5.41 Å². The maximum absolute atomic E-state index is 4.77. The summed E-state index contributed by atoms with van der Waals surface area (Å²) in [6.45, 7) is 8.93. The minimum absolute atomic E-state index is 0. The number of hydrogen-bond donors (Lipinski definition) is 1. The van der Waals surface area contributed by atoms with E-state index in [4.69, 9.17) is 4.98 Å². The summed E-state index contributed by atoms with van der Waals surface area (Å²) in [5, 5.41) is 3.42. The van der Waals surface area contributed by atoms with Crippen molar-refractivity contribution in [1.82, 2.24) is 10.3 Å². The van der Waals surface area contributed by atoms with E-state index < -0.39 is 0 Å². The molecule has 1 aliphatic heterocycles. The highest BCUT2D eigenvalue weighted by atomic mass is 35.5. The highest BCUT2D eigenvalue weighted by Crippen LogP contribution is 2.38. The van der Waals surface area contributed by atoms with Crippen LogP contribution in [0.1, 0.15) is 48.3 Å². The fourth-order valence-electron chi connectivity index (χ4n) is 3.14. The van der Waals surface area contributed by atoms with Gasteiger partial charge in [0.2, 0.25) is 0 Å². The second-order valence-corrected chi connectivity index (χ2v) is 6.02. The van der Waals surface area contributed by atoms with E-state index in [1.54, 1.807) is 11.1 Å². The van der Waals surface area contributed by atoms with Gasteiger partial charge >= 0.3 is 0 Å². The first-order valence-electron chi connectivity index (χ1n) is 6.28. The van der Waals surface area contributed by atoms with Crippen LogP contribution in [0.4, 0.5) is 0 Å². The van der Waals surface area contributed by atoms with Crippen molar-refractivity contribution >= 4 is 12.4 Å². The first-order valence-corrected chi connectivity index (χ1v) is 6.28. The van der Waals surface area contributed by atoms with Gasteiger partial charge in [0.1, 0.15) is 0 Å². The zero-order chi connectivity index (χ0) is 11.3. The molecule has 2 heterocycles. The van der Waals surface area contributed by atoms with Gasteiger partial charge in [-0.05, 0) is 48.3 Å². The second-order valence-electron chi connectivity index (χ2n) is 6.02. The smallest absolute Gasteiger partial charge is 0.0592 e. The molecule has 3 rings (SSSR count). The van der Waals surface area contributed by atoms with E-state index >= 15 is 0 Å². The molecule has 2 nitrogen and oxygen atoms in total. The molecular weight excluding hydrogens is 232 g/mol. The number of nitrogens with one attached hydrogen (secondary N) is 1. The molecular formula is C14H21ClN2. The van der Waals surface area contributed by atoms with E-state index in [1.807, 2.05) is 0 Å². The van der Waals surface area contributed by atoms with Gasteiger partial charge in [0, 0.05) is 18.8 Å². The number of nitrogens with zero attached hydrogens (tertiary/aromatic N) is 1. The Morgan fingerprint density at radius 2 is 1.88 bits per heavy atom. The molecule has 2 aliphatic rings. The van der Waals surface area contributed by atoms with Crippen molar-refractivity contribution in [1.29, 1.82) is 0 Å². The van der Waals surface area contributed by atoms with E-state index in [0.717, 1.165) is 13.1 Å². The Balaban J connectivity index is 0.00000108. The van der Waals surface area contributed by atoms with Gasteiger partial charge in [-0.25, -0.2) is 0 Å². The minimum Gasteiger partial charge on any atom is -0.307 e. The van der Waals surface area contributed by atoms with E-state index in [9.17, 15) is 0 Å². The Morgan fingerprint density at radius 3 is 2.65 bits per heavy atom. The number of aryl methyl sites for hydroxylation is 1. The van der Waals surface area contributed by atoms with Gasteiger partial charge < -0.3 is 5.32 Å². The van der Waals surface area contributed by atoms with Crippen molar-refractivity contribution in [3.05, 3.63) is 28.1 Å². The normalized spacial score (nSPS) is 20.4. The van der Waals surface area contributed by atoms with E-state index in [2.05, 4.69) is 26.1 Å². The maximum Gasteiger partial charge on any atom is 0.0592 e. The third kappa shape index (κ3) is 2.09. The highest BCUT2D eigenvalue weighted by Gasteiger charge is 2.30. The SMILES string of the molecule is Cc1nc2c(c3c1CC(C)(C)CC3)CNC2.Cl. The van der Waals surface area contributed by atoms with Crippen LogP contribution in [0.25, 0.3) is 0 Å². The second kappa shape index (κ2) is 4.25. The molecule has 17 heavy (non-hydrogen) atoms. The average Bonchev–Trinajstić information content (AvgIpc) is 2.65. The van der Waals surface area contributed by atoms with Gasteiger partial charge in [0.25, 0.3) is 0 Å². The Hall–Kier alpha value is -0.600. The lowest BCUT2D eigenvalue weighted by atomic mass is 9.73. The summed E-state index contributed by atoms with van der Waals surface area (Å²) < 4.78 is 0. The fourth-order valence-corrected chi connectivity index (χ4v) is 3.14. The molecule has 0 unspecified atom stereocenters. The summed E-state index contributed by atoms with van der Waals surface area (Å²) in [5.41, 5.74) is 7.70. The van der Waals surface area contributed by atoms with Gasteiger partial charge in [-0.2, -0.15) is 0 Å². The third-order valence-electron chi connectivity index (χ3n) is 4.12. The molecule has 0 saturated carbocycles. The number of hydrogen-bond acceptors (Lipinski definition) is 2. The Morgan fingerprint density at radius 1 is 1.12 bits per heavy atom. The van der Waals surface area contributed by atoms with Crippen LogP contribution in [0, 0.1) is 12.3 Å². The van der Waals surface area contributed by atoms with Gasteiger partial charge in [-0.15, -0.1) is 12.4 Å². The first kappa shape index (κ1) is 12.8. The topological polar surface area (TPSA) is 24.9 Å². The molecule has 0 fully saturated rings. The summed E-state index contributed by atoms with van der Waals surface area (Å²) in [7, 11) is 0. The Kier molecular flexibility index (Phi) is 3.21. The number of aromatic nitrogens is 1. The molecule has 0 spiro atoms. The van der Waals surface area contributed by atoms with Gasteiger partial charge in [-0.3, -0.25) is 4.98 Å². The molecule has 3 heteroatoms. The average molecular weight is 253 g/mol. The minimum atomic E-state index is 0. The molecule has 1 aromatic heterocycles.